The zero-order chi connectivity index (χ0) is 14.7. The second-order valence-electron chi connectivity index (χ2n) is 3.92. The summed E-state index contributed by atoms with van der Waals surface area (Å²) in [5, 5.41) is 2.26. The van der Waals surface area contributed by atoms with Crippen LogP contribution in [0.4, 0.5) is 24.5 Å². The summed E-state index contributed by atoms with van der Waals surface area (Å²) in [5.41, 5.74) is 1.69. The van der Waals surface area contributed by atoms with Crippen LogP contribution < -0.4 is 16.6 Å². The molecular weight excluding hydrogens is 271 g/mol. The fourth-order valence-electron chi connectivity index (χ4n) is 1.68. The summed E-state index contributed by atoms with van der Waals surface area (Å²) in [5.74, 6) is 2.00. The SMILES string of the molecule is NNc1c(F)cccc1C(=O)Nc1cc(F)cc(F)c1. The van der Waals surface area contributed by atoms with Gasteiger partial charge in [0.1, 0.15) is 17.5 Å². The van der Waals surface area contributed by atoms with Crippen LogP contribution in [0, 0.1) is 17.5 Å². The first-order valence-electron chi connectivity index (χ1n) is 5.54. The van der Waals surface area contributed by atoms with E-state index in [9.17, 15) is 18.0 Å². The second-order valence-corrected chi connectivity index (χ2v) is 3.92. The van der Waals surface area contributed by atoms with Gasteiger partial charge in [0.2, 0.25) is 0 Å². The van der Waals surface area contributed by atoms with Crippen LogP contribution in [0.2, 0.25) is 0 Å². The van der Waals surface area contributed by atoms with Gasteiger partial charge in [0.15, 0.2) is 0 Å². The predicted molar refractivity (Wildman–Crippen MR) is 68.5 cm³/mol. The summed E-state index contributed by atoms with van der Waals surface area (Å²) >= 11 is 0. The molecule has 0 aliphatic rings. The van der Waals surface area contributed by atoms with Crippen molar-refractivity contribution < 1.29 is 18.0 Å². The van der Waals surface area contributed by atoms with Gasteiger partial charge in [-0.05, 0) is 24.3 Å². The summed E-state index contributed by atoms with van der Waals surface area (Å²) < 4.78 is 39.4. The third-order valence-electron chi connectivity index (χ3n) is 2.52. The Morgan fingerprint density at radius 2 is 1.70 bits per heavy atom. The Morgan fingerprint density at radius 3 is 2.30 bits per heavy atom. The quantitative estimate of drug-likeness (QED) is 0.598. The number of amides is 1. The summed E-state index contributed by atoms with van der Waals surface area (Å²) in [6.45, 7) is 0. The molecule has 0 heterocycles. The molecule has 0 aromatic heterocycles. The molecule has 4 N–H and O–H groups in total. The van der Waals surface area contributed by atoms with Gasteiger partial charge in [-0.2, -0.15) is 0 Å². The lowest BCUT2D eigenvalue weighted by molar-refractivity contribution is 0.102. The molecule has 0 aliphatic heterocycles. The van der Waals surface area contributed by atoms with Gasteiger partial charge in [-0.3, -0.25) is 10.6 Å². The second kappa shape index (κ2) is 5.62. The maximum Gasteiger partial charge on any atom is 0.257 e. The van der Waals surface area contributed by atoms with Crippen molar-refractivity contribution in [1.82, 2.24) is 0 Å². The molecule has 104 valence electrons. The highest BCUT2D eigenvalue weighted by Crippen LogP contribution is 2.21. The lowest BCUT2D eigenvalue weighted by Crippen LogP contribution is -2.18. The Labute approximate surface area is 112 Å². The molecule has 0 saturated carbocycles. The monoisotopic (exact) mass is 281 g/mol. The van der Waals surface area contributed by atoms with Crippen molar-refractivity contribution in [2.75, 3.05) is 10.7 Å². The molecule has 0 bridgehead atoms. The van der Waals surface area contributed by atoms with Crippen LogP contribution in [0.5, 0.6) is 0 Å². The number of benzene rings is 2. The van der Waals surface area contributed by atoms with Crippen LogP contribution in [0.3, 0.4) is 0 Å². The Balaban J connectivity index is 2.31. The Bertz CT molecular complexity index is 641. The molecule has 0 fully saturated rings. The van der Waals surface area contributed by atoms with Gasteiger partial charge in [0.25, 0.3) is 5.91 Å². The molecule has 0 unspecified atom stereocenters. The third-order valence-corrected chi connectivity index (χ3v) is 2.52. The molecule has 0 atom stereocenters. The lowest BCUT2D eigenvalue weighted by atomic mass is 10.1. The Kier molecular flexibility index (Phi) is 3.90. The number of anilines is 2. The fraction of sp³-hybridized carbons (Fsp3) is 0. The topological polar surface area (TPSA) is 67.1 Å². The first kappa shape index (κ1) is 13.9. The number of hydrogen-bond donors (Lipinski definition) is 3. The molecule has 2 rings (SSSR count). The fourth-order valence-corrected chi connectivity index (χ4v) is 1.68. The van der Waals surface area contributed by atoms with E-state index in [0.717, 1.165) is 18.2 Å². The number of para-hydroxylation sites is 1. The molecule has 2 aromatic rings. The van der Waals surface area contributed by atoms with Crippen LogP contribution >= 0.6 is 0 Å². The van der Waals surface area contributed by atoms with Crippen molar-refractivity contribution in [1.29, 1.82) is 0 Å². The average Bonchev–Trinajstić information content (AvgIpc) is 2.37. The van der Waals surface area contributed by atoms with Crippen LogP contribution in [-0.4, -0.2) is 5.91 Å². The first-order chi connectivity index (χ1) is 9.51. The maximum absolute atomic E-state index is 13.4. The van der Waals surface area contributed by atoms with E-state index in [1.54, 1.807) is 0 Å². The number of nitrogen functional groups attached to an aromatic ring is 1. The highest BCUT2D eigenvalue weighted by molar-refractivity contribution is 6.08. The number of nitrogens with two attached hydrogens (primary N) is 1. The average molecular weight is 281 g/mol. The molecule has 7 heteroatoms. The minimum absolute atomic E-state index is 0.0836. The van der Waals surface area contributed by atoms with Crippen molar-refractivity contribution in [3.8, 4) is 0 Å². The van der Waals surface area contributed by atoms with Gasteiger partial charge >= 0.3 is 0 Å². The molecule has 0 saturated heterocycles. The van der Waals surface area contributed by atoms with Crippen LogP contribution in [0.1, 0.15) is 10.4 Å². The van der Waals surface area contributed by atoms with E-state index in [0.29, 0.717) is 6.07 Å². The number of carbonyl (C=O) groups excluding carboxylic acids is 1. The van der Waals surface area contributed by atoms with Gasteiger partial charge < -0.3 is 10.7 Å². The first-order valence-corrected chi connectivity index (χ1v) is 5.54. The standard InChI is InChI=1S/C13H10F3N3O/c14-7-4-8(15)6-9(5-7)18-13(20)10-2-1-3-11(16)12(10)19-17/h1-6,19H,17H2,(H,18,20). The van der Waals surface area contributed by atoms with Crippen LogP contribution in [0.15, 0.2) is 36.4 Å². The van der Waals surface area contributed by atoms with Gasteiger partial charge in [-0.15, -0.1) is 0 Å². The number of rotatable bonds is 3. The Morgan fingerprint density at radius 1 is 1.05 bits per heavy atom. The van der Waals surface area contributed by atoms with E-state index in [2.05, 4.69) is 10.7 Å². The van der Waals surface area contributed by atoms with E-state index >= 15 is 0 Å². The lowest BCUT2D eigenvalue weighted by Gasteiger charge is -2.10. The van der Waals surface area contributed by atoms with Gasteiger partial charge in [-0.25, -0.2) is 13.2 Å². The van der Waals surface area contributed by atoms with Crippen molar-refractivity contribution in [2.24, 2.45) is 5.84 Å². The number of nitrogens with one attached hydrogen (secondary N) is 2. The molecule has 0 radical (unpaired) electrons. The molecular formula is C13H10F3N3O. The number of halogens is 3. The zero-order valence-electron chi connectivity index (χ0n) is 10.1. The van der Waals surface area contributed by atoms with Gasteiger partial charge in [0.05, 0.1) is 11.3 Å². The number of carbonyl (C=O) groups is 1. The molecule has 1 amide bonds. The molecule has 0 spiro atoms. The van der Waals surface area contributed by atoms with E-state index < -0.39 is 23.4 Å². The van der Waals surface area contributed by atoms with E-state index in [4.69, 9.17) is 5.84 Å². The minimum Gasteiger partial charge on any atom is -0.322 e. The number of hydrogen-bond acceptors (Lipinski definition) is 3. The summed E-state index contributed by atoms with van der Waals surface area (Å²) in [7, 11) is 0. The van der Waals surface area contributed by atoms with Crippen LogP contribution in [0.25, 0.3) is 0 Å². The minimum atomic E-state index is -0.836. The summed E-state index contributed by atoms with van der Waals surface area (Å²) in [6.07, 6.45) is 0. The Hall–Kier alpha value is -2.54. The normalized spacial score (nSPS) is 10.2. The van der Waals surface area contributed by atoms with E-state index in [-0.39, 0.29) is 16.9 Å². The predicted octanol–water partition coefficient (Wildman–Crippen LogP) is 2.64. The largest absolute Gasteiger partial charge is 0.322 e. The molecule has 4 nitrogen and oxygen atoms in total. The smallest absolute Gasteiger partial charge is 0.257 e. The van der Waals surface area contributed by atoms with E-state index in [1.165, 1.54) is 12.1 Å². The van der Waals surface area contributed by atoms with E-state index in [1.807, 2.05) is 0 Å². The highest BCUT2D eigenvalue weighted by atomic mass is 19.1. The highest BCUT2D eigenvalue weighted by Gasteiger charge is 2.15. The molecule has 20 heavy (non-hydrogen) atoms. The van der Waals surface area contributed by atoms with Crippen molar-refractivity contribution in [2.45, 2.75) is 0 Å². The van der Waals surface area contributed by atoms with Crippen LogP contribution in [-0.2, 0) is 0 Å². The van der Waals surface area contributed by atoms with Gasteiger partial charge in [-0.1, -0.05) is 6.07 Å². The number of hydrazine groups is 1. The van der Waals surface area contributed by atoms with Crippen molar-refractivity contribution in [3.63, 3.8) is 0 Å². The van der Waals surface area contributed by atoms with Crippen molar-refractivity contribution in [3.05, 3.63) is 59.4 Å². The van der Waals surface area contributed by atoms with Gasteiger partial charge in [0, 0.05) is 11.8 Å². The molecule has 0 aliphatic carbocycles. The zero-order valence-corrected chi connectivity index (χ0v) is 10.1. The summed E-state index contributed by atoms with van der Waals surface area (Å²) in [6, 6.07) is 6.31. The summed E-state index contributed by atoms with van der Waals surface area (Å²) in [4.78, 5) is 12.0. The maximum atomic E-state index is 13.4. The third kappa shape index (κ3) is 2.89. The molecule has 2 aromatic carbocycles. The van der Waals surface area contributed by atoms with Crippen molar-refractivity contribution >= 4 is 17.3 Å².